The lowest BCUT2D eigenvalue weighted by molar-refractivity contribution is -0.122. The van der Waals surface area contributed by atoms with Gasteiger partial charge < -0.3 is 10.2 Å². The van der Waals surface area contributed by atoms with Gasteiger partial charge in [-0.3, -0.25) is 9.78 Å². The third-order valence-electron chi connectivity index (χ3n) is 3.38. The average Bonchev–Trinajstić information content (AvgIpc) is 2.97. The smallest absolute Gasteiger partial charge is 0.220 e. The first-order valence-corrected chi connectivity index (χ1v) is 7.84. The molecule has 5 heteroatoms. The van der Waals surface area contributed by atoms with E-state index in [0.29, 0.717) is 6.42 Å². The fourth-order valence-electron chi connectivity index (χ4n) is 2.58. The number of nitrogens with zero attached hydrogens (tertiary/aromatic N) is 2. The number of carbonyl (C=O) groups is 1. The van der Waals surface area contributed by atoms with E-state index in [1.165, 1.54) is 30.8 Å². The number of aryl methyl sites for hydroxylation is 1. The molecule has 0 radical (unpaired) electrons. The summed E-state index contributed by atoms with van der Waals surface area (Å²) < 4.78 is 0. The molecule has 0 saturated carbocycles. The van der Waals surface area contributed by atoms with Crippen LogP contribution in [0.4, 0.5) is 0 Å². The third-order valence-corrected chi connectivity index (χ3v) is 4.22. The van der Waals surface area contributed by atoms with Gasteiger partial charge in [-0.2, -0.15) is 0 Å². The SMILES string of the molecule is CC(C)(CN1CCCC1)NC(=O)CCc1cncs1. The number of rotatable bonds is 6. The molecule has 0 atom stereocenters. The van der Waals surface area contributed by atoms with Crippen molar-refractivity contribution in [2.45, 2.75) is 45.1 Å². The number of thiazole rings is 1. The second-order valence-electron chi connectivity index (χ2n) is 5.88. The summed E-state index contributed by atoms with van der Waals surface area (Å²) in [6.45, 7) is 7.49. The summed E-state index contributed by atoms with van der Waals surface area (Å²) in [5.41, 5.74) is 1.67. The van der Waals surface area contributed by atoms with Crippen LogP contribution in [0.25, 0.3) is 0 Å². The summed E-state index contributed by atoms with van der Waals surface area (Å²) in [4.78, 5) is 19.6. The van der Waals surface area contributed by atoms with Gasteiger partial charge in [0.05, 0.1) is 5.51 Å². The maximum Gasteiger partial charge on any atom is 0.220 e. The molecule has 1 aliphatic heterocycles. The Kier molecular flexibility index (Phi) is 4.93. The maximum absolute atomic E-state index is 12.0. The molecule has 106 valence electrons. The zero-order valence-electron chi connectivity index (χ0n) is 11.8. The van der Waals surface area contributed by atoms with Gasteiger partial charge in [0.15, 0.2) is 0 Å². The molecule has 2 rings (SSSR count). The fraction of sp³-hybridized carbons (Fsp3) is 0.714. The van der Waals surface area contributed by atoms with Crippen molar-refractivity contribution in [3.63, 3.8) is 0 Å². The van der Waals surface area contributed by atoms with Gasteiger partial charge in [-0.25, -0.2) is 0 Å². The monoisotopic (exact) mass is 281 g/mol. The minimum atomic E-state index is -0.144. The Morgan fingerprint density at radius 1 is 1.47 bits per heavy atom. The molecule has 1 aliphatic rings. The molecule has 0 aromatic carbocycles. The Morgan fingerprint density at radius 2 is 2.21 bits per heavy atom. The summed E-state index contributed by atoms with van der Waals surface area (Å²) in [6, 6.07) is 0. The van der Waals surface area contributed by atoms with E-state index in [4.69, 9.17) is 0 Å². The normalized spacial score (nSPS) is 16.7. The molecule has 4 nitrogen and oxygen atoms in total. The minimum absolute atomic E-state index is 0.137. The average molecular weight is 281 g/mol. The van der Waals surface area contributed by atoms with Crippen LogP contribution in [0, 0.1) is 0 Å². The lowest BCUT2D eigenvalue weighted by atomic mass is 10.0. The van der Waals surface area contributed by atoms with E-state index in [2.05, 4.69) is 29.0 Å². The van der Waals surface area contributed by atoms with Crippen LogP contribution in [0.1, 0.15) is 38.0 Å². The highest BCUT2D eigenvalue weighted by Crippen LogP contribution is 2.14. The lowest BCUT2D eigenvalue weighted by Gasteiger charge is -2.31. The molecule has 0 spiro atoms. The quantitative estimate of drug-likeness (QED) is 0.868. The van der Waals surface area contributed by atoms with Gasteiger partial charge in [-0.1, -0.05) is 0 Å². The van der Waals surface area contributed by atoms with Crippen LogP contribution in [-0.4, -0.2) is 41.0 Å². The Bertz CT molecular complexity index is 397. The van der Waals surface area contributed by atoms with Crippen LogP contribution in [0.15, 0.2) is 11.7 Å². The summed E-state index contributed by atoms with van der Waals surface area (Å²) in [6.07, 6.45) is 5.75. The number of likely N-dealkylation sites (tertiary alicyclic amines) is 1. The van der Waals surface area contributed by atoms with Gasteiger partial charge in [0.25, 0.3) is 0 Å². The first-order chi connectivity index (χ1) is 9.05. The number of amides is 1. The van der Waals surface area contributed by atoms with Gasteiger partial charge in [-0.15, -0.1) is 11.3 Å². The van der Waals surface area contributed by atoms with Crippen molar-refractivity contribution in [2.24, 2.45) is 0 Å². The lowest BCUT2D eigenvalue weighted by Crippen LogP contribution is -2.51. The number of carbonyl (C=O) groups excluding carboxylic acids is 1. The van der Waals surface area contributed by atoms with Crippen molar-refractivity contribution in [2.75, 3.05) is 19.6 Å². The number of hydrogen-bond donors (Lipinski definition) is 1. The zero-order chi connectivity index (χ0) is 13.7. The molecule has 2 heterocycles. The number of hydrogen-bond acceptors (Lipinski definition) is 4. The summed E-state index contributed by atoms with van der Waals surface area (Å²) >= 11 is 1.61. The highest BCUT2D eigenvalue weighted by Gasteiger charge is 2.25. The number of aromatic nitrogens is 1. The van der Waals surface area contributed by atoms with E-state index in [-0.39, 0.29) is 11.4 Å². The van der Waals surface area contributed by atoms with Crippen LogP contribution in [0.2, 0.25) is 0 Å². The molecule has 1 N–H and O–H groups in total. The van der Waals surface area contributed by atoms with Crippen LogP contribution in [0.3, 0.4) is 0 Å². The van der Waals surface area contributed by atoms with Crippen LogP contribution >= 0.6 is 11.3 Å². The Labute approximate surface area is 119 Å². The Balaban J connectivity index is 1.73. The topological polar surface area (TPSA) is 45.2 Å². The standard InChI is InChI=1S/C14H23N3OS/c1-14(2,10-17-7-3-4-8-17)16-13(18)6-5-12-9-15-11-19-12/h9,11H,3-8,10H2,1-2H3,(H,16,18). The van der Waals surface area contributed by atoms with Crippen molar-refractivity contribution in [3.05, 3.63) is 16.6 Å². The van der Waals surface area contributed by atoms with Crippen LogP contribution < -0.4 is 5.32 Å². The summed E-state index contributed by atoms with van der Waals surface area (Å²) in [7, 11) is 0. The first-order valence-electron chi connectivity index (χ1n) is 6.96. The molecule has 0 aliphatic carbocycles. The van der Waals surface area contributed by atoms with Crippen molar-refractivity contribution in [1.29, 1.82) is 0 Å². The predicted molar refractivity (Wildman–Crippen MR) is 78.3 cm³/mol. The molecule has 1 aromatic rings. The summed E-state index contributed by atoms with van der Waals surface area (Å²) in [5.74, 6) is 0.137. The molecule has 1 saturated heterocycles. The van der Waals surface area contributed by atoms with Crippen molar-refractivity contribution in [3.8, 4) is 0 Å². The largest absolute Gasteiger partial charge is 0.350 e. The molecule has 1 fully saturated rings. The molecular weight excluding hydrogens is 258 g/mol. The van der Waals surface area contributed by atoms with Crippen LogP contribution in [0.5, 0.6) is 0 Å². The zero-order valence-corrected chi connectivity index (χ0v) is 12.6. The van der Waals surface area contributed by atoms with Gasteiger partial charge >= 0.3 is 0 Å². The second-order valence-corrected chi connectivity index (χ2v) is 6.85. The van der Waals surface area contributed by atoms with Gasteiger partial charge in [0, 0.05) is 29.6 Å². The Hall–Kier alpha value is -0.940. The van der Waals surface area contributed by atoms with Crippen molar-refractivity contribution < 1.29 is 4.79 Å². The van der Waals surface area contributed by atoms with Crippen LogP contribution in [-0.2, 0) is 11.2 Å². The molecule has 1 aromatic heterocycles. The summed E-state index contributed by atoms with van der Waals surface area (Å²) in [5, 5.41) is 3.15. The molecule has 1 amide bonds. The van der Waals surface area contributed by atoms with Gasteiger partial charge in [0.2, 0.25) is 5.91 Å². The molecular formula is C14H23N3OS. The van der Waals surface area contributed by atoms with Crippen molar-refractivity contribution in [1.82, 2.24) is 15.2 Å². The maximum atomic E-state index is 12.0. The fourth-order valence-corrected chi connectivity index (χ4v) is 3.18. The Morgan fingerprint density at radius 3 is 2.84 bits per heavy atom. The van der Waals surface area contributed by atoms with E-state index in [1.54, 1.807) is 11.3 Å². The second kappa shape index (κ2) is 6.48. The first kappa shape index (κ1) is 14.5. The van der Waals surface area contributed by atoms with E-state index in [0.717, 1.165) is 13.0 Å². The van der Waals surface area contributed by atoms with E-state index in [9.17, 15) is 4.79 Å². The van der Waals surface area contributed by atoms with E-state index in [1.807, 2.05) is 11.7 Å². The highest BCUT2D eigenvalue weighted by atomic mass is 32.1. The molecule has 0 unspecified atom stereocenters. The molecule has 19 heavy (non-hydrogen) atoms. The van der Waals surface area contributed by atoms with Gasteiger partial charge in [0.1, 0.15) is 0 Å². The number of nitrogens with one attached hydrogen (secondary N) is 1. The third kappa shape index (κ3) is 4.91. The van der Waals surface area contributed by atoms with Crippen molar-refractivity contribution >= 4 is 17.2 Å². The van der Waals surface area contributed by atoms with Gasteiger partial charge in [-0.05, 0) is 46.2 Å². The molecule has 0 bridgehead atoms. The minimum Gasteiger partial charge on any atom is -0.350 e. The van der Waals surface area contributed by atoms with E-state index < -0.39 is 0 Å². The predicted octanol–water partition coefficient (Wildman–Crippen LogP) is 2.07. The van der Waals surface area contributed by atoms with E-state index >= 15 is 0 Å². The highest BCUT2D eigenvalue weighted by molar-refractivity contribution is 7.09.